The van der Waals surface area contributed by atoms with Gasteiger partial charge in [-0.2, -0.15) is 0 Å². The second-order valence-corrected chi connectivity index (χ2v) is 23.4. The Labute approximate surface area is 543 Å². The standard InChI is InChI=1S/C28H26N4O5S.C20H15N3O2S.C19H12N4O4S.CH4/c1-3-17-7-9-19(10-8-17)26-25(18-11-13-21(37-2)14-12-18)29-28(38-26)30-31-16-20-5-4-6-23(32(35)36)22(20)15-24(31)27(33)34;1-13-10-16-15(8-5-9-19(16)23(24)25)11-17(13)21-20-22-18(12-26-20)14-6-3-2-4-7-14;24-18(25)13-9-12-14(7-4-8-16(12)23(26)27)20-17(13)22-19-21-15(10-28-19)11-5-2-1-3-6-11;/h4-14,24H,3,15-16H2,1-2H3,(H,29,30)(H,33,34);2-12H,1H3,(H,21,22);1-10H,(H,24,25)(H,20,21,22);1H4. The number of thiazole rings is 3. The largest absolute Gasteiger partial charge is 0.497 e. The van der Waals surface area contributed by atoms with Gasteiger partial charge in [-0.25, -0.2) is 29.7 Å². The zero-order valence-electron chi connectivity index (χ0n) is 49.0. The number of non-ortho nitro benzene ring substituents is 2. The molecule has 1 unspecified atom stereocenters. The normalized spacial score (nSPS) is 12.4. The summed E-state index contributed by atoms with van der Waals surface area (Å²) in [6.07, 6.45) is 0.948. The summed E-state index contributed by atoms with van der Waals surface area (Å²) in [5, 5.41) is 68.6. The summed E-state index contributed by atoms with van der Waals surface area (Å²) < 4.78 is 5.30. The number of nitro groups is 3. The molecule has 0 radical (unpaired) electrons. The van der Waals surface area contributed by atoms with Crippen LogP contribution in [0.25, 0.3) is 65.9 Å². The van der Waals surface area contributed by atoms with Crippen molar-refractivity contribution in [3.63, 3.8) is 0 Å². The molecular formula is C68H57N11O11S3. The molecule has 0 saturated heterocycles. The Morgan fingerprint density at radius 2 is 1.22 bits per heavy atom. The van der Waals surface area contributed by atoms with E-state index in [9.17, 15) is 50.1 Å². The third kappa shape index (κ3) is 14.6. The predicted octanol–water partition coefficient (Wildman–Crippen LogP) is 17.1. The Morgan fingerprint density at radius 1 is 0.634 bits per heavy atom. The number of rotatable bonds is 17. The fourth-order valence-electron chi connectivity index (χ4n) is 10.3. The second-order valence-electron chi connectivity index (χ2n) is 20.7. The number of methoxy groups -OCH3 is 1. The minimum atomic E-state index is -1.24. The van der Waals surface area contributed by atoms with Gasteiger partial charge in [-0.3, -0.25) is 40.6 Å². The number of hydrogen-bond acceptors (Lipinski definition) is 20. The van der Waals surface area contributed by atoms with Crippen LogP contribution in [0.4, 0.5) is 44.0 Å². The molecule has 1 aliphatic heterocycles. The molecule has 0 aliphatic carbocycles. The number of ether oxygens (including phenoxy) is 1. The van der Waals surface area contributed by atoms with Crippen molar-refractivity contribution in [1.82, 2.24) is 24.9 Å². The summed E-state index contributed by atoms with van der Waals surface area (Å²) >= 11 is 4.27. The molecule has 4 aromatic heterocycles. The number of carboxylic acid groups (broad SMARTS) is 2. The molecule has 12 aromatic rings. The van der Waals surface area contributed by atoms with Gasteiger partial charge in [0.05, 0.1) is 60.1 Å². The molecule has 0 spiro atoms. The van der Waals surface area contributed by atoms with Crippen molar-refractivity contribution in [2.75, 3.05) is 23.2 Å². The Morgan fingerprint density at radius 3 is 1.81 bits per heavy atom. The molecule has 0 saturated carbocycles. The van der Waals surface area contributed by atoms with Gasteiger partial charge in [0, 0.05) is 69.9 Å². The number of anilines is 5. The summed E-state index contributed by atoms with van der Waals surface area (Å²) in [5.74, 6) is -1.49. The van der Waals surface area contributed by atoms with E-state index in [1.165, 1.54) is 69.9 Å². The summed E-state index contributed by atoms with van der Waals surface area (Å²) in [5.41, 5.74) is 13.8. The average Bonchev–Trinajstić information content (AvgIpc) is 1.83. The third-order valence-corrected chi connectivity index (χ3v) is 17.5. The third-order valence-electron chi connectivity index (χ3n) is 15.0. The van der Waals surface area contributed by atoms with Gasteiger partial charge in [0.25, 0.3) is 17.1 Å². The number of pyridine rings is 1. The Balaban J connectivity index is 0.000000155. The minimum Gasteiger partial charge on any atom is -0.497 e. The van der Waals surface area contributed by atoms with Crippen molar-refractivity contribution in [1.29, 1.82) is 0 Å². The molecule has 0 bridgehead atoms. The minimum absolute atomic E-state index is 0. The highest BCUT2D eigenvalue weighted by atomic mass is 32.1. The van der Waals surface area contributed by atoms with Crippen molar-refractivity contribution in [2.45, 2.75) is 46.7 Å². The van der Waals surface area contributed by atoms with Crippen LogP contribution in [0.1, 0.15) is 47.0 Å². The van der Waals surface area contributed by atoms with Gasteiger partial charge in [0.15, 0.2) is 15.4 Å². The Bertz CT molecular complexity index is 4680. The highest BCUT2D eigenvalue weighted by molar-refractivity contribution is 7.19. The van der Waals surface area contributed by atoms with Gasteiger partial charge in [0.1, 0.15) is 23.2 Å². The smallest absolute Gasteiger partial charge is 0.339 e. The van der Waals surface area contributed by atoms with E-state index in [1.54, 1.807) is 36.4 Å². The quantitative estimate of drug-likeness (QED) is 0.0418. The molecule has 0 amide bonds. The first-order valence-electron chi connectivity index (χ1n) is 28.3. The molecule has 5 N–H and O–H groups in total. The van der Waals surface area contributed by atoms with Crippen LogP contribution in [0.3, 0.4) is 0 Å². The van der Waals surface area contributed by atoms with Crippen molar-refractivity contribution < 1.29 is 39.3 Å². The number of carboxylic acids is 2. The molecule has 0 fully saturated rings. The number of carbonyl (C=O) groups is 2. The molecule has 1 aliphatic rings. The molecule has 1 atom stereocenters. The lowest BCUT2D eigenvalue weighted by molar-refractivity contribution is -0.385. The van der Waals surface area contributed by atoms with Crippen LogP contribution in [0.2, 0.25) is 0 Å². The van der Waals surface area contributed by atoms with Crippen molar-refractivity contribution in [2.24, 2.45) is 0 Å². The SMILES string of the molecule is C.CCc1ccc(-c2sc(NN3Cc4cccc([N+](=O)[O-])c4CC3C(=O)O)nc2-c2ccc(OC)cc2)cc1.Cc1cc2c([N+](=O)[O-])cccc2cc1Nc1nc(-c2ccccc2)cs1.O=C(O)c1cc2c([N+](=O)[O-])cccc2nc1Nc1nc(-c2ccccc2)cs1. The number of aromatic nitrogens is 4. The molecule has 5 heterocycles. The molecule has 468 valence electrons. The van der Waals surface area contributed by atoms with Gasteiger partial charge in [-0.15, -0.1) is 22.7 Å². The summed E-state index contributed by atoms with van der Waals surface area (Å²) in [7, 11) is 1.62. The molecule has 22 nitrogen and oxygen atoms in total. The van der Waals surface area contributed by atoms with Crippen molar-refractivity contribution >= 4 is 112 Å². The predicted molar refractivity (Wildman–Crippen MR) is 365 cm³/mol. The Hall–Kier alpha value is -11.4. The van der Waals surface area contributed by atoms with E-state index >= 15 is 0 Å². The number of nitrogens with zero attached hydrogens (tertiary/aromatic N) is 8. The van der Waals surface area contributed by atoms with Crippen molar-refractivity contribution in [3.8, 4) is 50.0 Å². The monoisotopic (exact) mass is 1300 g/mol. The number of hydrazine groups is 1. The highest BCUT2D eigenvalue weighted by Crippen LogP contribution is 2.42. The average molecular weight is 1300 g/mol. The first kappa shape index (κ1) is 64.6. The highest BCUT2D eigenvalue weighted by Gasteiger charge is 2.36. The first-order chi connectivity index (χ1) is 44.5. The summed E-state index contributed by atoms with van der Waals surface area (Å²) in [6.45, 7) is 4.23. The lowest BCUT2D eigenvalue weighted by atomic mass is 9.93. The Kier molecular flexibility index (Phi) is 19.9. The number of nitrogens with one attached hydrogen (secondary N) is 3. The molecule has 93 heavy (non-hydrogen) atoms. The van der Waals surface area contributed by atoms with E-state index in [2.05, 4.69) is 62.2 Å². The maximum Gasteiger partial charge on any atom is 0.339 e. The number of aliphatic carboxylic acids is 1. The topological polar surface area (TPSA) is 304 Å². The van der Waals surface area contributed by atoms with Crippen LogP contribution in [-0.2, 0) is 24.2 Å². The van der Waals surface area contributed by atoms with E-state index in [-0.39, 0.29) is 59.1 Å². The molecule has 25 heteroatoms. The number of nitro benzene ring substituents is 3. The molecule has 13 rings (SSSR count). The zero-order valence-corrected chi connectivity index (χ0v) is 51.5. The number of aryl methyl sites for hydroxylation is 2. The fraction of sp³-hybridized carbons (Fsp3) is 0.118. The van der Waals surface area contributed by atoms with E-state index < -0.39 is 27.8 Å². The van der Waals surface area contributed by atoms with Gasteiger partial charge in [0.2, 0.25) is 0 Å². The number of hydrogen-bond donors (Lipinski definition) is 5. The van der Waals surface area contributed by atoms with E-state index in [0.29, 0.717) is 32.3 Å². The van der Waals surface area contributed by atoms with Crippen LogP contribution in [0, 0.1) is 37.3 Å². The van der Waals surface area contributed by atoms with Gasteiger partial charge >= 0.3 is 11.9 Å². The lowest BCUT2D eigenvalue weighted by Crippen LogP contribution is -2.48. The molecule has 8 aromatic carbocycles. The zero-order chi connectivity index (χ0) is 64.6. The number of aromatic carboxylic acids is 1. The second kappa shape index (κ2) is 28.6. The van der Waals surface area contributed by atoms with Crippen LogP contribution < -0.4 is 20.8 Å². The number of fused-ring (bicyclic) bond motifs is 3. The first-order valence-corrected chi connectivity index (χ1v) is 30.9. The molecular weight excluding hydrogens is 1240 g/mol. The number of benzene rings is 8. The van der Waals surface area contributed by atoms with Gasteiger partial charge in [-0.1, -0.05) is 141 Å². The van der Waals surface area contributed by atoms with Crippen LogP contribution >= 0.6 is 34.0 Å². The fourth-order valence-corrected chi connectivity index (χ4v) is 12.8. The van der Waals surface area contributed by atoms with E-state index in [4.69, 9.17) is 9.72 Å². The maximum atomic E-state index is 12.2. The van der Waals surface area contributed by atoms with Gasteiger partial charge < -0.3 is 25.6 Å². The van der Waals surface area contributed by atoms with E-state index in [1.807, 2.05) is 121 Å². The summed E-state index contributed by atoms with van der Waals surface area (Å²) in [4.78, 5) is 75.7. The van der Waals surface area contributed by atoms with Crippen LogP contribution in [-0.4, -0.2) is 75.0 Å². The van der Waals surface area contributed by atoms with E-state index in [0.717, 1.165) is 78.2 Å². The lowest BCUT2D eigenvalue weighted by Gasteiger charge is -2.33. The summed E-state index contributed by atoms with van der Waals surface area (Å²) in [6, 6.07) is 53.9. The maximum absolute atomic E-state index is 12.2. The van der Waals surface area contributed by atoms with Crippen molar-refractivity contribution in [3.05, 3.63) is 251 Å². The van der Waals surface area contributed by atoms with Crippen LogP contribution in [0.5, 0.6) is 5.75 Å². The van der Waals surface area contributed by atoms with Crippen LogP contribution in [0.15, 0.2) is 193 Å². The van der Waals surface area contributed by atoms with Gasteiger partial charge in [-0.05, 0) is 89.5 Å².